The van der Waals surface area contributed by atoms with Crippen LogP contribution in [0, 0.1) is 10.1 Å². The van der Waals surface area contributed by atoms with Gasteiger partial charge >= 0.3 is 0 Å². The summed E-state index contributed by atoms with van der Waals surface area (Å²) in [4.78, 5) is 22.3. The number of nitrogens with zero attached hydrogens (tertiary/aromatic N) is 1. The SMILES string of the molecule is O=C(Nc1ccc([N+](=O)[O-])cc1O)c1cc(Br)c(Br)s1. The number of hydrogen-bond donors (Lipinski definition) is 2. The molecule has 104 valence electrons. The second kappa shape index (κ2) is 5.90. The van der Waals surface area contributed by atoms with Crippen molar-refractivity contribution in [3.8, 4) is 5.75 Å². The van der Waals surface area contributed by atoms with Gasteiger partial charge < -0.3 is 10.4 Å². The molecular weight excluding hydrogens is 416 g/mol. The van der Waals surface area contributed by atoms with Crippen LogP contribution in [-0.4, -0.2) is 15.9 Å². The number of phenols is 1. The summed E-state index contributed by atoms with van der Waals surface area (Å²) in [5.41, 5.74) is -0.136. The van der Waals surface area contributed by atoms with E-state index in [1.54, 1.807) is 6.07 Å². The van der Waals surface area contributed by atoms with E-state index in [9.17, 15) is 20.0 Å². The predicted octanol–water partition coefficient (Wildman–Crippen LogP) is 4.14. The molecule has 1 heterocycles. The molecule has 1 aromatic carbocycles. The van der Waals surface area contributed by atoms with Gasteiger partial charge in [0, 0.05) is 10.5 Å². The summed E-state index contributed by atoms with van der Waals surface area (Å²) in [5.74, 6) is -0.771. The molecule has 0 saturated carbocycles. The van der Waals surface area contributed by atoms with Gasteiger partial charge in [0.1, 0.15) is 5.75 Å². The molecule has 0 saturated heterocycles. The second-order valence-electron chi connectivity index (χ2n) is 3.64. The number of rotatable bonds is 3. The minimum atomic E-state index is -0.626. The van der Waals surface area contributed by atoms with Gasteiger partial charge in [-0.25, -0.2) is 0 Å². The predicted molar refractivity (Wildman–Crippen MR) is 82.4 cm³/mol. The highest BCUT2D eigenvalue weighted by atomic mass is 79.9. The Labute approximate surface area is 133 Å². The molecule has 0 fully saturated rings. The van der Waals surface area contributed by atoms with Crippen molar-refractivity contribution in [3.05, 3.63) is 47.5 Å². The molecular formula is C11H6Br2N2O4S. The van der Waals surface area contributed by atoms with E-state index in [1.165, 1.54) is 23.5 Å². The number of carbonyl (C=O) groups excluding carboxylic acids is 1. The summed E-state index contributed by atoms with van der Waals surface area (Å²) >= 11 is 7.77. The zero-order valence-corrected chi connectivity index (χ0v) is 13.6. The monoisotopic (exact) mass is 420 g/mol. The lowest BCUT2D eigenvalue weighted by Gasteiger charge is -2.05. The van der Waals surface area contributed by atoms with Gasteiger partial charge in [0.2, 0.25) is 0 Å². The Morgan fingerprint density at radius 3 is 2.55 bits per heavy atom. The van der Waals surface area contributed by atoms with Crippen molar-refractivity contribution in [2.24, 2.45) is 0 Å². The maximum atomic E-state index is 12.0. The first kappa shape index (κ1) is 14.9. The summed E-state index contributed by atoms with van der Waals surface area (Å²) in [6, 6.07) is 5.10. The number of halogens is 2. The van der Waals surface area contributed by atoms with E-state index in [4.69, 9.17) is 0 Å². The molecule has 0 aliphatic carbocycles. The van der Waals surface area contributed by atoms with Crippen LogP contribution in [0.3, 0.4) is 0 Å². The first-order valence-corrected chi connectivity index (χ1v) is 7.52. The molecule has 1 aromatic heterocycles. The number of hydrogen-bond acceptors (Lipinski definition) is 5. The lowest BCUT2D eigenvalue weighted by atomic mass is 10.2. The Morgan fingerprint density at radius 2 is 2.05 bits per heavy atom. The first-order chi connectivity index (χ1) is 9.38. The highest BCUT2D eigenvalue weighted by molar-refractivity contribution is 9.13. The van der Waals surface area contributed by atoms with Gasteiger partial charge in [0.15, 0.2) is 0 Å². The number of nitro groups is 1. The molecule has 2 rings (SSSR count). The fourth-order valence-electron chi connectivity index (χ4n) is 1.38. The number of anilines is 1. The first-order valence-electron chi connectivity index (χ1n) is 5.12. The third-order valence-electron chi connectivity index (χ3n) is 2.31. The molecule has 20 heavy (non-hydrogen) atoms. The molecule has 0 aliphatic rings. The number of aromatic hydroxyl groups is 1. The number of benzene rings is 1. The van der Waals surface area contributed by atoms with Crippen LogP contribution in [0.25, 0.3) is 0 Å². The van der Waals surface area contributed by atoms with Crippen molar-refractivity contribution in [2.75, 3.05) is 5.32 Å². The van der Waals surface area contributed by atoms with Gasteiger partial charge in [-0.1, -0.05) is 0 Å². The molecule has 0 radical (unpaired) electrons. The minimum Gasteiger partial charge on any atom is -0.506 e. The normalized spacial score (nSPS) is 10.3. The molecule has 0 atom stereocenters. The molecule has 0 unspecified atom stereocenters. The average Bonchev–Trinajstić information content (AvgIpc) is 2.72. The van der Waals surface area contributed by atoms with Crippen molar-refractivity contribution in [1.82, 2.24) is 0 Å². The fourth-order valence-corrected chi connectivity index (χ4v) is 3.31. The molecule has 2 N–H and O–H groups in total. The lowest BCUT2D eigenvalue weighted by molar-refractivity contribution is -0.384. The van der Waals surface area contributed by atoms with E-state index in [-0.39, 0.29) is 17.1 Å². The van der Waals surface area contributed by atoms with Crippen LogP contribution in [0.1, 0.15) is 9.67 Å². The lowest BCUT2D eigenvalue weighted by Crippen LogP contribution is -2.10. The Morgan fingerprint density at radius 1 is 1.35 bits per heavy atom. The van der Waals surface area contributed by atoms with Gasteiger partial charge in [0.05, 0.1) is 25.3 Å². The molecule has 1 amide bonds. The third kappa shape index (κ3) is 3.17. The Kier molecular flexibility index (Phi) is 4.41. The van der Waals surface area contributed by atoms with Crippen LogP contribution in [0.15, 0.2) is 32.5 Å². The van der Waals surface area contributed by atoms with E-state index in [1.807, 2.05) is 0 Å². The Bertz CT molecular complexity index is 682. The molecule has 0 aliphatic heterocycles. The van der Waals surface area contributed by atoms with Crippen LogP contribution >= 0.6 is 43.2 Å². The standard InChI is InChI=1S/C11H6Br2N2O4S/c12-6-4-9(20-10(6)13)11(17)14-7-2-1-5(15(18)19)3-8(7)16/h1-4,16H,(H,14,17). The number of non-ortho nitro benzene ring substituents is 1. The molecule has 0 spiro atoms. The van der Waals surface area contributed by atoms with Crippen LogP contribution < -0.4 is 5.32 Å². The summed E-state index contributed by atoms with van der Waals surface area (Å²) in [7, 11) is 0. The van der Waals surface area contributed by atoms with Gasteiger partial charge in [-0.15, -0.1) is 11.3 Å². The molecule has 9 heteroatoms. The number of nitrogens with one attached hydrogen (secondary N) is 1. The number of nitro benzene ring substituents is 1. The van der Waals surface area contributed by atoms with Crippen LogP contribution in [-0.2, 0) is 0 Å². The Hall–Kier alpha value is -1.45. The van der Waals surface area contributed by atoms with Gasteiger partial charge in [-0.3, -0.25) is 14.9 Å². The van der Waals surface area contributed by atoms with E-state index in [2.05, 4.69) is 37.2 Å². The maximum absolute atomic E-state index is 12.0. The highest BCUT2D eigenvalue weighted by Crippen LogP contribution is 2.34. The maximum Gasteiger partial charge on any atom is 0.273 e. The van der Waals surface area contributed by atoms with Crippen molar-refractivity contribution in [2.45, 2.75) is 0 Å². The topological polar surface area (TPSA) is 92.5 Å². The van der Waals surface area contributed by atoms with Crippen LogP contribution in [0.2, 0.25) is 0 Å². The van der Waals surface area contributed by atoms with Crippen molar-refractivity contribution >= 4 is 60.5 Å². The fraction of sp³-hybridized carbons (Fsp3) is 0. The van der Waals surface area contributed by atoms with Crippen LogP contribution in [0.5, 0.6) is 5.75 Å². The van der Waals surface area contributed by atoms with E-state index in [0.717, 1.165) is 14.3 Å². The molecule has 2 aromatic rings. The quantitative estimate of drug-likeness (QED) is 0.442. The zero-order chi connectivity index (χ0) is 14.9. The van der Waals surface area contributed by atoms with E-state index >= 15 is 0 Å². The van der Waals surface area contributed by atoms with Gasteiger partial charge in [0.25, 0.3) is 11.6 Å². The van der Waals surface area contributed by atoms with Gasteiger partial charge in [-0.2, -0.15) is 0 Å². The van der Waals surface area contributed by atoms with E-state index in [0.29, 0.717) is 4.88 Å². The number of thiophene rings is 1. The van der Waals surface area contributed by atoms with Crippen molar-refractivity contribution in [3.63, 3.8) is 0 Å². The zero-order valence-electron chi connectivity index (χ0n) is 9.59. The summed E-state index contributed by atoms with van der Waals surface area (Å²) in [6.07, 6.45) is 0. The number of amides is 1. The van der Waals surface area contributed by atoms with E-state index < -0.39 is 10.8 Å². The smallest absolute Gasteiger partial charge is 0.273 e. The second-order valence-corrected chi connectivity index (χ2v) is 6.87. The average molecular weight is 422 g/mol. The summed E-state index contributed by atoms with van der Waals surface area (Å²) in [5, 5.41) is 22.7. The van der Waals surface area contributed by atoms with Gasteiger partial charge in [-0.05, 0) is 44.0 Å². The van der Waals surface area contributed by atoms with Crippen molar-refractivity contribution in [1.29, 1.82) is 0 Å². The minimum absolute atomic E-state index is 0.112. The summed E-state index contributed by atoms with van der Waals surface area (Å²) in [6.45, 7) is 0. The molecule has 6 nitrogen and oxygen atoms in total. The van der Waals surface area contributed by atoms with Crippen molar-refractivity contribution < 1.29 is 14.8 Å². The third-order valence-corrected chi connectivity index (χ3v) is 5.56. The highest BCUT2D eigenvalue weighted by Gasteiger charge is 2.15. The number of carbonyl (C=O) groups is 1. The summed E-state index contributed by atoms with van der Waals surface area (Å²) < 4.78 is 1.52. The Balaban J connectivity index is 2.21. The van der Waals surface area contributed by atoms with Crippen LogP contribution in [0.4, 0.5) is 11.4 Å². The largest absolute Gasteiger partial charge is 0.506 e. The molecule has 0 bridgehead atoms. The number of phenolic OH excluding ortho intramolecular Hbond substituents is 1.